The number of nitrogens with zero attached hydrogens (tertiary/aromatic N) is 4. The number of rotatable bonds is 1. The summed E-state index contributed by atoms with van der Waals surface area (Å²) in [5, 5.41) is 4.02. The lowest BCUT2D eigenvalue weighted by atomic mass is 9.88. The van der Waals surface area contributed by atoms with Gasteiger partial charge in [0.1, 0.15) is 6.20 Å². The fraction of sp³-hybridized carbons (Fsp3) is 0.750. The SMILES string of the molecule is CC(C)C1CCCN(C(=O)[n+]2ccnn2C)C1. The van der Waals surface area contributed by atoms with Crippen LogP contribution in [0.4, 0.5) is 4.79 Å². The molecule has 94 valence electrons. The minimum absolute atomic E-state index is 0.0374. The molecule has 1 saturated heterocycles. The molecule has 0 aliphatic carbocycles. The van der Waals surface area contributed by atoms with Gasteiger partial charge in [-0.15, -0.1) is 0 Å². The highest BCUT2D eigenvalue weighted by Gasteiger charge is 2.31. The van der Waals surface area contributed by atoms with Crippen LogP contribution < -0.4 is 4.68 Å². The Morgan fingerprint density at radius 1 is 1.53 bits per heavy atom. The molecule has 2 heterocycles. The second-order valence-corrected chi connectivity index (χ2v) is 5.12. The normalized spacial score (nSPS) is 20.9. The van der Waals surface area contributed by atoms with E-state index in [-0.39, 0.29) is 6.03 Å². The Labute approximate surface area is 102 Å². The van der Waals surface area contributed by atoms with E-state index in [0.717, 1.165) is 19.5 Å². The topological polar surface area (TPSA) is 42.0 Å². The third kappa shape index (κ3) is 2.48. The van der Waals surface area contributed by atoms with Crippen LogP contribution in [0.25, 0.3) is 0 Å². The number of carbonyl (C=O) groups is 1. The third-order valence-corrected chi connectivity index (χ3v) is 3.62. The zero-order valence-corrected chi connectivity index (χ0v) is 10.8. The van der Waals surface area contributed by atoms with Crippen molar-refractivity contribution < 1.29 is 9.48 Å². The molecule has 0 aromatic carbocycles. The number of piperidine rings is 1. The predicted molar refractivity (Wildman–Crippen MR) is 63.3 cm³/mol. The maximum Gasteiger partial charge on any atom is 0.460 e. The maximum atomic E-state index is 12.3. The fourth-order valence-corrected chi connectivity index (χ4v) is 2.40. The number of likely N-dealkylation sites (tertiary alicyclic amines) is 1. The summed E-state index contributed by atoms with van der Waals surface area (Å²) < 4.78 is 1.56. The van der Waals surface area contributed by atoms with E-state index < -0.39 is 0 Å². The molecule has 2 rings (SSSR count). The van der Waals surface area contributed by atoms with Crippen molar-refractivity contribution in [3.05, 3.63) is 12.4 Å². The van der Waals surface area contributed by atoms with Crippen molar-refractivity contribution >= 4 is 6.03 Å². The Kier molecular flexibility index (Phi) is 3.45. The maximum absolute atomic E-state index is 12.3. The van der Waals surface area contributed by atoms with Crippen LogP contribution >= 0.6 is 0 Å². The molecule has 0 saturated carbocycles. The summed E-state index contributed by atoms with van der Waals surface area (Å²) in [6.07, 6.45) is 5.69. The number of carbonyl (C=O) groups excluding carboxylic acids is 1. The van der Waals surface area contributed by atoms with E-state index in [1.807, 2.05) is 4.90 Å². The van der Waals surface area contributed by atoms with Crippen LogP contribution in [0.15, 0.2) is 12.4 Å². The number of aromatic nitrogens is 3. The van der Waals surface area contributed by atoms with E-state index in [9.17, 15) is 4.79 Å². The van der Waals surface area contributed by atoms with Gasteiger partial charge in [0.15, 0.2) is 6.20 Å². The van der Waals surface area contributed by atoms with E-state index >= 15 is 0 Å². The lowest BCUT2D eigenvalue weighted by Crippen LogP contribution is -2.59. The molecule has 1 aliphatic heterocycles. The van der Waals surface area contributed by atoms with Gasteiger partial charge in [0.25, 0.3) is 0 Å². The molecule has 1 amide bonds. The third-order valence-electron chi connectivity index (χ3n) is 3.62. The monoisotopic (exact) mass is 237 g/mol. The Morgan fingerprint density at radius 2 is 2.29 bits per heavy atom. The van der Waals surface area contributed by atoms with Gasteiger partial charge in [0, 0.05) is 0 Å². The minimum Gasteiger partial charge on any atom is -0.255 e. The van der Waals surface area contributed by atoms with E-state index in [1.54, 1.807) is 28.9 Å². The van der Waals surface area contributed by atoms with Crippen molar-refractivity contribution in [2.24, 2.45) is 18.9 Å². The number of aryl methyl sites for hydroxylation is 1. The van der Waals surface area contributed by atoms with Crippen LogP contribution in [0.1, 0.15) is 26.7 Å². The largest absolute Gasteiger partial charge is 0.460 e. The average molecular weight is 237 g/mol. The molecular formula is C12H21N4O+. The standard InChI is InChI=1S/C12H21N4O/c1-10(2)11-5-4-7-15(9-11)12(17)16-8-6-13-14(16)3/h6,8,10-11H,4-5,7,9H2,1-3H3/q+1. The summed E-state index contributed by atoms with van der Waals surface area (Å²) >= 11 is 0. The van der Waals surface area contributed by atoms with Gasteiger partial charge in [0.2, 0.25) is 0 Å². The van der Waals surface area contributed by atoms with E-state index in [4.69, 9.17) is 0 Å². The van der Waals surface area contributed by atoms with Gasteiger partial charge in [-0.3, -0.25) is 4.90 Å². The molecule has 5 heteroatoms. The summed E-state index contributed by atoms with van der Waals surface area (Å²) in [6, 6.07) is 0.0374. The fourth-order valence-electron chi connectivity index (χ4n) is 2.40. The van der Waals surface area contributed by atoms with Gasteiger partial charge in [-0.1, -0.05) is 23.3 Å². The summed E-state index contributed by atoms with van der Waals surface area (Å²) in [5.74, 6) is 1.27. The summed E-state index contributed by atoms with van der Waals surface area (Å²) in [7, 11) is 1.78. The minimum atomic E-state index is 0.0374. The van der Waals surface area contributed by atoms with Gasteiger partial charge in [-0.05, 0) is 29.8 Å². The van der Waals surface area contributed by atoms with Crippen molar-refractivity contribution in [3.63, 3.8) is 0 Å². The quantitative estimate of drug-likeness (QED) is 0.685. The van der Waals surface area contributed by atoms with Crippen LogP contribution in [-0.4, -0.2) is 33.9 Å². The second-order valence-electron chi connectivity index (χ2n) is 5.12. The predicted octanol–water partition coefficient (Wildman–Crippen LogP) is 1.04. The van der Waals surface area contributed by atoms with Gasteiger partial charge in [-0.25, -0.2) is 4.79 Å². The highest BCUT2D eigenvalue weighted by Crippen LogP contribution is 2.23. The molecule has 5 nitrogen and oxygen atoms in total. The molecule has 1 atom stereocenters. The first-order valence-corrected chi connectivity index (χ1v) is 6.29. The Morgan fingerprint density at radius 3 is 2.88 bits per heavy atom. The molecular weight excluding hydrogens is 216 g/mol. The first kappa shape index (κ1) is 12.1. The van der Waals surface area contributed by atoms with Crippen molar-refractivity contribution in [3.8, 4) is 0 Å². The van der Waals surface area contributed by atoms with E-state index in [1.165, 1.54) is 6.42 Å². The lowest BCUT2D eigenvalue weighted by Gasteiger charge is -2.30. The molecule has 1 unspecified atom stereocenters. The van der Waals surface area contributed by atoms with Gasteiger partial charge >= 0.3 is 6.03 Å². The summed E-state index contributed by atoms with van der Waals surface area (Å²) in [5.41, 5.74) is 0. The Bertz CT molecular complexity index is 399. The van der Waals surface area contributed by atoms with Crippen molar-refractivity contribution in [1.82, 2.24) is 14.8 Å². The molecule has 0 spiro atoms. The number of amides is 1. The van der Waals surface area contributed by atoms with Crippen LogP contribution in [0.3, 0.4) is 0 Å². The summed E-state index contributed by atoms with van der Waals surface area (Å²) in [6.45, 7) is 6.20. The molecule has 1 aromatic rings. The van der Waals surface area contributed by atoms with Crippen molar-refractivity contribution in [1.29, 1.82) is 0 Å². The smallest absolute Gasteiger partial charge is 0.255 e. The molecule has 0 N–H and O–H groups in total. The van der Waals surface area contributed by atoms with E-state index in [2.05, 4.69) is 18.9 Å². The molecule has 17 heavy (non-hydrogen) atoms. The average Bonchev–Trinajstić information content (AvgIpc) is 2.74. The van der Waals surface area contributed by atoms with Crippen LogP contribution in [0, 0.1) is 11.8 Å². The first-order chi connectivity index (χ1) is 8.09. The van der Waals surface area contributed by atoms with Crippen LogP contribution in [0.5, 0.6) is 0 Å². The zero-order chi connectivity index (χ0) is 12.4. The van der Waals surface area contributed by atoms with Crippen LogP contribution in [-0.2, 0) is 7.05 Å². The number of hydrogen-bond acceptors (Lipinski definition) is 2. The number of hydrogen-bond donors (Lipinski definition) is 0. The van der Waals surface area contributed by atoms with Crippen molar-refractivity contribution in [2.75, 3.05) is 13.1 Å². The van der Waals surface area contributed by atoms with Gasteiger partial charge < -0.3 is 0 Å². The van der Waals surface area contributed by atoms with Crippen molar-refractivity contribution in [2.45, 2.75) is 26.7 Å². The zero-order valence-electron chi connectivity index (χ0n) is 10.8. The lowest BCUT2D eigenvalue weighted by molar-refractivity contribution is -0.669. The first-order valence-electron chi connectivity index (χ1n) is 6.29. The van der Waals surface area contributed by atoms with E-state index in [0.29, 0.717) is 11.8 Å². The Balaban J connectivity index is 2.07. The molecule has 0 radical (unpaired) electrons. The second kappa shape index (κ2) is 4.85. The van der Waals surface area contributed by atoms with Gasteiger partial charge in [-0.2, -0.15) is 0 Å². The molecule has 0 bridgehead atoms. The molecule has 1 aliphatic rings. The molecule has 1 aromatic heterocycles. The highest BCUT2D eigenvalue weighted by atomic mass is 16.2. The summed E-state index contributed by atoms with van der Waals surface area (Å²) in [4.78, 5) is 15.8. The molecule has 1 fully saturated rings. The highest BCUT2D eigenvalue weighted by molar-refractivity contribution is 5.64. The Hall–Kier alpha value is -1.39. The van der Waals surface area contributed by atoms with Crippen LogP contribution in [0.2, 0.25) is 0 Å². The van der Waals surface area contributed by atoms with Gasteiger partial charge in [0.05, 0.1) is 20.1 Å².